The van der Waals surface area contributed by atoms with Gasteiger partial charge in [0, 0.05) is 18.8 Å². The molecule has 100 valence electrons. The molecule has 0 unspecified atom stereocenters. The summed E-state index contributed by atoms with van der Waals surface area (Å²) in [6, 6.07) is 5.58. The van der Waals surface area contributed by atoms with Crippen LogP contribution < -0.4 is 0 Å². The van der Waals surface area contributed by atoms with Gasteiger partial charge in [0.05, 0.1) is 0 Å². The molecule has 0 atom stereocenters. The summed E-state index contributed by atoms with van der Waals surface area (Å²) in [5, 5.41) is 8.98. The minimum absolute atomic E-state index is 0.321. The van der Waals surface area contributed by atoms with E-state index in [2.05, 4.69) is 20.9 Å². The van der Waals surface area contributed by atoms with Crippen molar-refractivity contribution in [3.63, 3.8) is 0 Å². The molecular formula is C13H19BrN2O2. The number of aromatic nitrogens is 1. The van der Waals surface area contributed by atoms with E-state index in [1.807, 2.05) is 33.8 Å². The van der Waals surface area contributed by atoms with Crippen LogP contribution in [0.1, 0.15) is 45.2 Å². The molecule has 0 aliphatic carbocycles. The first kappa shape index (κ1) is 17.0. The molecule has 0 aliphatic rings. The standard InChI is InChI=1S/C11H13BrN2O2.C2H6/c1-3-15-11(16-4-2)8-5-6-10(12)14-9(8)7-13;1-2/h5-6,11H,3-4H2,1-2H3;1-2H3. The Morgan fingerprint density at radius 1 is 1.28 bits per heavy atom. The fourth-order valence-electron chi connectivity index (χ4n) is 1.26. The zero-order valence-corrected chi connectivity index (χ0v) is 12.8. The van der Waals surface area contributed by atoms with Gasteiger partial charge in [-0.25, -0.2) is 4.98 Å². The first-order valence-electron chi connectivity index (χ1n) is 6.02. The summed E-state index contributed by atoms with van der Waals surface area (Å²) in [7, 11) is 0. The smallest absolute Gasteiger partial charge is 0.186 e. The predicted molar refractivity (Wildman–Crippen MR) is 74.0 cm³/mol. The van der Waals surface area contributed by atoms with E-state index in [0.29, 0.717) is 29.1 Å². The molecule has 0 N–H and O–H groups in total. The van der Waals surface area contributed by atoms with E-state index in [9.17, 15) is 0 Å². The molecule has 4 nitrogen and oxygen atoms in total. The lowest BCUT2D eigenvalue weighted by Crippen LogP contribution is -2.11. The normalized spacial score (nSPS) is 9.61. The van der Waals surface area contributed by atoms with Gasteiger partial charge in [-0.3, -0.25) is 0 Å². The highest BCUT2D eigenvalue weighted by molar-refractivity contribution is 9.10. The van der Waals surface area contributed by atoms with Gasteiger partial charge >= 0.3 is 0 Å². The molecule has 1 heterocycles. The van der Waals surface area contributed by atoms with E-state index in [1.54, 1.807) is 12.1 Å². The van der Waals surface area contributed by atoms with E-state index in [1.165, 1.54) is 0 Å². The second-order valence-corrected chi connectivity index (χ2v) is 3.74. The second-order valence-electron chi connectivity index (χ2n) is 2.93. The molecule has 0 spiro atoms. The van der Waals surface area contributed by atoms with Crippen LogP contribution in [0.15, 0.2) is 16.7 Å². The number of hydrogen-bond donors (Lipinski definition) is 0. The van der Waals surface area contributed by atoms with Crippen LogP contribution in [-0.2, 0) is 9.47 Å². The number of hydrogen-bond acceptors (Lipinski definition) is 4. The fourth-order valence-corrected chi connectivity index (χ4v) is 1.57. The highest BCUT2D eigenvalue weighted by Crippen LogP contribution is 2.23. The molecule has 1 aromatic heterocycles. The number of rotatable bonds is 5. The molecule has 0 saturated carbocycles. The zero-order chi connectivity index (χ0) is 14.0. The molecule has 1 aromatic rings. The first-order chi connectivity index (χ1) is 8.72. The Hall–Kier alpha value is -0.960. The van der Waals surface area contributed by atoms with Gasteiger partial charge < -0.3 is 9.47 Å². The Bertz CT molecular complexity index is 385. The van der Waals surface area contributed by atoms with E-state index >= 15 is 0 Å². The fraction of sp³-hybridized carbons (Fsp3) is 0.538. The van der Waals surface area contributed by atoms with Crippen LogP contribution in [0.3, 0.4) is 0 Å². The third-order valence-corrected chi connectivity index (χ3v) is 2.33. The van der Waals surface area contributed by atoms with Crippen LogP contribution in [0.25, 0.3) is 0 Å². The molecule has 1 rings (SSSR count). The van der Waals surface area contributed by atoms with Gasteiger partial charge in [-0.05, 0) is 41.9 Å². The molecule has 0 radical (unpaired) electrons. The van der Waals surface area contributed by atoms with Gasteiger partial charge in [-0.15, -0.1) is 0 Å². The number of pyridine rings is 1. The lowest BCUT2D eigenvalue weighted by Gasteiger charge is -2.17. The second kappa shape index (κ2) is 10.0. The van der Waals surface area contributed by atoms with Crippen molar-refractivity contribution >= 4 is 15.9 Å². The molecule has 0 amide bonds. The van der Waals surface area contributed by atoms with Crippen LogP contribution in [0, 0.1) is 11.3 Å². The molecule has 0 saturated heterocycles. The molecule has 0 aromatic carbocycles. The van der Waals surface area contributed by atoms with Gasteiger partial charge in [0.15, 0.2) is 6.29 Å². The van der Waals surface area contributed by atoms with Crippen molar-refractivity contribution in [2.45, 2.75) is 34.0 Å². The SMILES string of the molecule is CC.CCOC(OCC)c1ccc(Br)nc1C#N. The van der Waals surface area contributed by atoms with Crippen molar-refractivity contribution in [1.82, 2.24) is 4.98 Å². The van der Waals surface area contributed by atoms with Crippen molar-refractivity contribution in [3.8, 4) is 6.07 Å². The largest absolute Gasteiger partial charge is 0.349 e. The monoisotopic (exact) mass is 314 g/mol. The number of nitrogens with zero attached hydrogens (tertiary/aromatic N) is 2. The van der Waals surface area contributed by atoms with Gasteiger partial charge in [-0.2, -0.15) is 5.26 Å². The molecule has 0 bridgehead atoms. The van der Waals surface area contributed by atoms with Crippen molar-refractivity contribution in [1.29, 1.82) is 5.26 Å². The van der Waals surface area contributed by atoms with Gasteiger partial charge in [0.25, 0.3) is 0 Å². The van der Waals surface area contributed by atoms with Gasteiger partial charge in [0.1, 0.15) is 16.4 Å². The van der Waals surface area contributed by atoms with Crippen LogP contribution >= 0.6 is 15.9 Å². The molecule has 0 aliphatic heterocycles. The summed E-state index contributed by atoms with van der Waals surface area (Å²) < 4.78 is 11.5. The minimum atomic E-state index is -0.523. The number of nitriles is 1. The summed E-state index contributed by atoms with van der Waals surface area (Å²) in [5.41, 5.74) is 0.982. The molecular weight excluding hydrogens is 296 g/mol. The van der Waals surface area contributed by atoms with Crippen molar-refractivity contribution < 1.29 is 9.47 Å². The van der Waals surface area contributed by atoms with Crippen molar-refractivity contribution in [2.75, 3.05) is 13.2 Å². The highest BCUT2D eigenvalue weighted by Gasteiger charge is 2.16. The Morgan fingerprint density at radius 3 is 2.28 bits per heavy atom. The van der Waals surface area contributed by atoms with Gasteiger partial charge in [0.2, 0.25) is 0 Å². The summed E-state index contributed by atoms with van der Waals surface area (Å²) >= 11 is 3.22. The topological polar surface area (TPSA) is 55.1 Å². The average molecular weight is 315 g/mol. The highest BCUT2D eigenvalue weighted by atomic mass is 79.9. The van der Waals surface area contributed by atoms with Crippen molar-refractivity contribution in [2.24, 2.45) is 0 Å². The predicted octanol–water partition coefficient (Wildman–Crippen LogP) is 3.81. The summed E-state index contributed by atoms with van der Waals surface area (Å²) in [6.07, 6.45) is -0.523. The van der Waals surface area contributed by atoms with Crippen LogP contribution in [-0.4, -0.2) is 18.2 Å². The molecule has 0 fully saturated rings. The Kier molecular flexibility index (Phi) is 9.47. The quantitative estimate of drug-likeness (QED) is 0.612. The van der Waals surface area contributed by atoms with Crippen LogP contribution in [0.5, 0.6) is 0 Å². The van der Waals surface area contributed by atoms with E-state index < -0.39 is 6.29 Å². The number of ether oxygens (including phenoxy) is 2. The third kappa shape index (κ3) is 5.13. The molecule has 18 heavy (non-hydrogen) atoms. The lowest BCUT2D eigenvalue weighted by molar-refractivity contribution is -0.140. The van der Waals surface area contributed by atoms with Gasteiger partial charge in [-0.1, -0.05) is 13.8 Å². The Morgan fingerprint density at radius 2 is 1.83 bits per heavy atom. The zero-order valence-electron chi connectivity index (χ0n) is 11.2. The lowest BCUT2D eigenvalue weighted by atomic mass is 10.2. The maximum absolute atomic E-state index is 8.98. The Balaban J connectivity index is 0.00000137. The summed E-state index contributed by atoms with van der Waals surface area (Å²) in [6.45, 7) is 8.80. The summed E-state index contributed by atoms with van der Waals surface area (Å²) in [5.74, 6) is 0. The van der Waals surface area contributed by atoms with Crippen LogP contribution in [0.2, 0.25) is 0 Å². The Labute approximate surface area is 117 Å². The van der Waals surface area contributed by atoms with E-state index in [0.717, 1.165) is 0 Å². The number of halogens is 1. The van der Waals surface area contributed by atoms with Crippen LogP contribution in [0.4, 0.5) is 0 Å². The third-order valence-electron chi connectivity index (χ3n) is 1.89. The maximum atomic E-state index is 8.98. The first-order valence-corrected chi connectivity index (χ1v) is 6.82. The van der Waals surface area contributed by atoms with E-state index in [4.69, 9.17) is 14.7 Å². The average Bonchev–Trinajstić information content (AvgIpc) is 2.41. The molecule has 5 heteroatoms. The minimum Gasteiger partial charge on any atom is -0.349 e. The summed E-state index contributed by atoms with van der Waals surface area (Å²) in [4.78, 5) is 4.07. The van der Waals surface area contributed by atoms with Crippen molar-refractivity contribution in [3.05, 3.63) is 28.0 Å². The van der Waals surface area contributed by atoms with E-state index in [-0.39, 0.29) is 0 Å². The maximum Gasteiger partial charge on any atom is 0.186 e.